The Hall–Kier alpha value is -1.71. The minimum absolute atomic E-state index is 0.117. The van der Waals surface area contributed by atoms with Crippen LogP contribution in [0.5, 0.6) is 0 Å². The summed E-state index contributed by atoms with van der Waals surface area (Å²) in [5.74, 6) is -6.68. The summed E-state index contributed by atoms with van der Waals surface area (Å²) in [6, 6.07) is 0. The number of esters is 3. The van der Waals surface area contributed by atoms with Crippen molar-refractivity contribution in [3.8, 4) is 0 Å². The number of hydrogen-bond donors (Lipinski definition) is 3. The molecular formula is C14H20O9. The number of carbonyl (C=O) groups excluding carboxylic acids is 3. The molecule has 2 aliphatic rings. The molecule has 3 N–H and O–H groups in total. The Morgan fingerprint density at radius 3 is 2.22 bits per heavy atom. The summed E-state index contributed by atoms with van der Waals surface area (Å²) in [7, 11) is 0. The van der Waals surface area contributed by atoms with E-state index in [4.69, 9.17) is 14.2 Å². The lowest BCUT2D eigenvalue weighted by molar-refractivity contribution is -0.404. The van der Waals surface area contributed by atoms with Gasteiger partial charge >= 0.3 is 23.9 Å². The van der Waals surface area contributed by atoms with Gasteiger partial charge in [-0.3, -0.25) is 9.59 Å². The van der Waals surface area contributed by atoms with E-state index >= 15 is 0 Å². The Kier molecular flexibility index (Phi) is 4.40. The van der Waals surface area contributed by atoms with E-state index in [2.05, 4.69) is 0 Å². The van der Waals surface area contributed by atoms with Crippen molar-refractivity contribution in [2.45, 2.75) is 69.2 Å². The Balaban J connectivity index is 2.61. The van der Waals surface area contributed by atoms with Gasteiger partial charge in [-0.1, -0.05) is 20.3 Å². The van der Waals surface area contributed by atoms with E-state index in [0.29, 0.717) is 6.42 Å². The first-order valence-corrected chi connectivity index (χ1v) is 7.42. The van der Waals surface area contributed by atoms with Crippen molar-refractivity contribution in [2.24, 2.45) is 0 Å². The largest absolute Gasteiger partial charge is 0.459 e. The van der Waals surface area contributed by atoms with Gasteiger partial charge in [-0.05, 0) is 12.8 Å². The molecule has 9 heteroatoms. The molecule has 2 bridgehead atoms. The number of fused-ring (bicyclic) bond motifs is 3. The average molecular weight is 332 g/mol. The van der Waals surface area contributed by atoms with Crippen molar-refractivity contribution < 1.29 is 43.9 Å². The summed E-state index contributed by atoms with van der Waals surface area (Å²) >= 11 is 0. The normalized spacial score (nSPS) is 41.1. The van der Waals surface area contributed by atoms with Crippen molar-refractivity contribution in [2.75, 3.05) is 0 Å². The van der Waals surface area contributed by atoms with Crippen LogP contribution in [0.1, 0.15) is 46.0 Å². The summed E-state index contributed by atoms with van der Waals surface area (Å²) in [4.78, 5) is 36.0. The van der Waals surface area contributed by atoms with Crippen LogP contribution in [0.4, 0.5) is 0 Å². The topological polar surface area (TPSA) is 140 Å². The Labute approximate surface area is 132 Å². The molecule has 0 aromatic rings. The zero-order chi connectivity index (χ0) is 17.5. The lowest BCUT2D eigenvalue weighted by Gasteiger charge is -2.42. The summed E-state index contributed by atoms with van der Waals surface area (Å²) in [5.41, 5.74) is -4.89. The fourth-order valence-corrected chi connectivity index (χ4v) is 2.81. The monoisotopic (exact) mass is 332 g/mol. The molecule has 2 fully saturated rings. The van der Waals surface area contributed by atoms with Gasteiger partial charge in [0.1, 0.15) is 6.10 Å². The molecule has 2 heterocycles. The van der Waals surface area contributed by atoms with Crippen LogP contribution in [-0.4, -0.2) is 56.5 Å². The third-order valence-corrected chi connectivity index (χ3v) is 4.18. The van der Waals surface area contributed by atoms with E-state index in [0.717, 1.165) is 0 Å². The molecule has 0 amide bonds. The molecule has 23 heavy (non-hydrogen) atoms. The highest BCUT2D eigenvalue weighted by molar-refractivity contribution is 5.91. The van der Waals surface area contributed by atoms with Crippen molar-refractivity contribution in [3.05, 3.63) is 0 Å². The summed E-state index contributed by atoms with van der Waals surface area (Å²) in [6.45, 7) is 3.18. The minimum Gasteiger partial charge on any atom is -0.459 e. The van der Waals surface area contributed by atoms with Gasteiger partial charge in [0.15, 0.2) is 5.60 Å². The van der Waals surface area contributed by atoms with Crippen LogP contribution in [0.3, 0.4) is 0 Å². The van der Waals surface area contributed by atoms with Crippen LogP contribution in [-0.2, 0) is 28.6 Å². The fourth-order valence-electron chi connectivity index (χ4n) is 2.81. The van der Waals surface area contributed by atoms with Gasteiger partial charge in [-0.2, -0.15) is 0 Å². The number of aliphatic hydroxyl groups is 3. The molecule has 0 aliphatic carbocycles. The molecule has 2 rings (SSSR count). The maximum atomic E-state index is 12.1. The second-order valence-electron chi connectivity index (χ2n) is 5.88. The zero-order valence-corrected chi connectivity index (χ0v) is 12.9. The maximum absolute atomic E-state index is 12.1. The number of rotatable bonds is 3. The Morgan fingerprint density at radius 1 is 1.04 bits per heavy atom. The lowest BCUT2D eigenvalue weighted by Crippen LogP contribution is -2.65. The highest BCUT2D eigenvalue weighted by Gasteiger charge is 2.66. The van der Waals surface area contributed by atoms with Gasteiger partial charge in [0.25, 0.3) is 0 Å². The predicted octanol–water partition coefficient (Wildman–Crippen LogP) is -0.890. The van der Waals surface area contributed by atoms with Crippen LogP contribution in [0.25, 0.3) is 0 Å². The minimum atomic E-state index is -3.06. The van der Waals surface area contributed by atoms with E-state index < -0.39 is 54.0 Å². The first-order chi connectivity index (χ1) is 10.6. The molecule has 0 spiro atoms. The number of carbonyl (C=O) groups is 3. The molecule has 4 unspecified atom stereocenters. The van der Waals surface area contributed by atoms with Crippen molar-refractivity contribution in [1.82, 2.24) is 0 Å². The van der Waals surface area contributed by atoms with Crippen molar-refractivity contribution in [1.29, 1.82) is 0 Å². The molecule has 0 aromatic heterocycles. The molecule has 0 radical (unpaired) electrons. The fraction of sp³-hybridized carbons (Fsp3) is 0.786. The van der Waals surface area contributed by atoms with Gasteiger partial charge in [0.05, 0.1) is 12.8 Å². The zero-order valence-electron chi connectivity index (χ0n) is 12.9. The number of ether oxygens (including phenoxy) is 3. The van der Waals surface area contributed by atoms with E-state index in [1.54, 1.807) is 6.92 Å². The van der Waals surface area contributed by atoms with E-state index in [-0.39, 0.29) is 12.8 Å². The quantitative estimate of drug-likeness (QED) is 0.561. The van der Waals surface area contributed by atoms with Crippen LogP contribution >= 0.6 is 0 Å². The Bertz CT molecular complexity index is 532. The van der Waals surface area contributed by atoms with E-state index in [1.165, 1.54) is 6.92 Å². The first-order valence-electron chi connectivity index (χ1n) is 7.42. The lowest BCUT2D eigenvalue weighted by atomic mass is 9.87. The SMILES string of the molecule is CCCC1OC(=O)CC2(O)CC(=O)OC(O)(OC2=O)C1(O)CC. The summed E-state index contributed by atoms with van der Waals surface area (Å²) in [5, 5.41) is 31.6. The van der Waals surface area contributed by atoms with Crippen LogP contribution < -0.4 is 0 Å². The van der Waals surface area contributed by atoms with Gasteiger partial charge in [0.2, 0.25) is 5.60 Å². The van der Waals surface area contributed by atoms with Gasteiger partial charge in [-0.15, -0.1) is 0 Å². The predicted molar refractivity (Wildman–Crippen MR) is 71.3 cm³/mol. The number of hydrogen-bond acceptors (Lipinski definition) is 9. The highest BCUT2D eigenvalue weighted by Crippen LogP contribution is 2.41. The summed E-state index contributed by atoms with van der Waals surface area (Å²) < 4.78 is 14.6. The second kappa shape index (κ2) is 5.73. The third kappa shape index (κ3) is 2.79. The smallest absolute Gasteiger partial charge is 0.408 e. The van der Waals surface area contributed by atoms with Crippen LogP contribution in [0, 0.1) is 0 Å². The number of cyclic esters (lactones) is 1. The van der Waals surface area contributed by atoms with Gasteiger partial charge in [-0.25, -0.2) is 4.79 Å². The summed E-state index contributed by atoms with van der Waals surface area (Å²) in [6.07, 6.45) is -2.72. The Morgan fingerprint density at radius 2 is 1.65 bits per heavy atom. The molecule has 130 valence electrons. The molecular weight excluding hydrogens is 312 g/mol. The van der Waals surface area contributed by atoms with E-state index in [1.807, 2.05) is 0 Å². The van der Waals surface area contributed by atoms with Crippen LogP contribution in [0.15, 0.2) is 0 Å². The standard InChI is InChI=1S/C14H20O9/c1-3-5-8-13(19,4-2)14(20)22-10(16)7-12(18,11(17)23-14)6-9(15)21-8/h8,18-20H,3-7H2,1-2H3. The van der Waals surface area contributed by atoms with E-state index in [9.17, 15) is 29.7 Å². The van der Waals surface area contributed by atoms with Crippen molar-refractivity contribution in [3.63, 3.8) is 0 Å². The van der Waals surface area contributed by atoms with Crippen molar-refractivity contribution >= 4 is 17.9 Å². The molecule has 4 atom stereocenters. The molecule has 2 aliphatic heterocycles. The molecule has 9 nitrogen and oxygen atoms in total. The van der Waals surface area contributed by atoms with Crippen LogP contribution in [0.2, 0.25) is 0 Å². The molecule has 2 saturated heterocycles. The van der Waals surface area contributed by atoms with Gasteiger partial charge < -0.3 is 29.5 Å². The third-order valence-electron chi connectivity index (χ3n) is 4.18. The highest BCUT2D eigenvalue weighted by atomic mass is 16.9. The van der Waals surface area contributed by atoms with Gasteiger partial charge in [0, 0.05) is 0 Å². The average Bonchev–Trinajstić information content (AvgIpc) is 2.50. The second-order valence-corrected chi connectivity index (χ2v) is 5.88. The first kappa shape index (κ1) is 17.6. The molecule has 0 saturated carbocycles. The maximum Gasteiger partial charge on any atom is 0.408 e. The molecule has 0 aromatic carbocycles.